The summed E-state index contributed by atoms with van der Waals surface area (Å²) in [5.41, 5.74) is 0. The van der Waals surface area contributed by atoms with Crippen LogP contribution in [0.15, 0.2) is 9.63 Å². The van der Waals surface area contributed by atoms with Gasteiger partial charge in [0.15, 0.2) is 14.4 Å². The van der Waals surface area contributed by atoms with Gasteiger partial charge in [-0.25, -0.2) is 21.5 Å². The summed E-state index contributed by atoms with van der Waals surface area (Å²) in [6, 6.07) is -0.686. The zero-order valence-electron chi connectivity index (χ0n) is 11.2. The van der Waals surface area contributed by atoms with Crippen molar-refractivity contribution in [1.82, 2.24) is 19.3 Å². The zero-order chi connectivity index (χ0) is 15.8. The van der Waals surface area contributed by atoms with Crippen LogP contribution < -0.4 is 0 Å². The van der Waals surface area contributed by atoms with E-state index in [1.807, 2.05) is 0 Å². The molecule has 12 heteroatoms. The molecule has 0 aliphatic carbocycles. The molecule has 0 radical (unpaired) electrons. The third-order valence-corrected chi connectivity index (χ3v) is 7.82. The van der Waals surface area contributed by atoms with Gasteiger partial charge in [0.25, 0.3) is 10.0 Å². The molecule has 1 unspecified atom stereocenters. The topological polar surface area (TPSA) is 122 Å². The summed E-state index contributed by atoms with van der Waals surface area (Å²) < 4.78 is 50.7. The van der Waals surface area contributed by atoms with Crippen LogP contribution in [0.1, 0.15) is 6.42 Å². The second kappa shape index (κ2) is 5.91. The fourth-order valence-corrected chi connectivity index (χ4v) is 6.81. The minimum atomic E-state index is -4.01. The quantitative estimate of drug-likeness (QED) is 0.652. The van der Waals surface area contributed by atoms with Crippen molar-refractivity contribution in [2.24, 2.45) is 7.05 Å². The van der Waals surface area contributed by atoms with Crippen LogP contribution in [0.4, 0.5) is 0 Å². The van der Waals surface area contributed by atoms with Gasteiger partial charge in [-0.05, 0) is 22.4 Å². The summed E-state index contributed by atoms with van der Waals surface area (Å²) in [5.74, 6) is -0.297. The number of halogens is 1. The molecule has 1 aromatic rings. The zero-order valence-corrected chi connectivity index (χ0v) is 14.4. The maximum atomic E-state index is 12.7. The van der Waals surface area contributed by atoms with Crippen LogP contribution in [0.2, 0.25) is 0 Å². The van der Waals surface area contributed by atoms with Crippen molar-refractivity contribution in [2.45, 2.75) is 17.5 Å². The van der Waals surface area contributed by atoms with E-state index in [2.05, 4.69) is 26.2 Å². The van der Waals surface area contributed by atoms with Crippen LogP contribution in [0.3, 0.4) is 0 Å². The van der Waals surface area contributed by atoms with E-state index < -0.39 is 32.5 Å². The van der Waals surface area contributed by atoms with Crippen molar-refractivity contribution >= 4 is 35.8 Å². The first-order valence-corrected chi connectivity index (χ1v) is 10.1. The van der Waals surface area contributed by atoms with E-state index in [9.17, 15) is 16.8 Å². The number of hydrogen-bond donors (Lipinski definition) is 1. The summed E-state index contributed by atoms with van der Waals surface area (Å²) in [5, 5.41) is 16.2. The average Bonchev–Trinajstić information content (AvgIpc) is 2.89. The highest BCUT2D eigenvalue weighted by Crippen LogP contribution is 2.27. The molecule has 1 fully saturated rings. The van der Waals surface area contributed by atoms with Gasteiger partial charge in [0.1, 0.15) is 0 Å². The predicted molar refractivity (Wildman–Crippen MR) is 76.7 cm³/mol. The number of sulfone groups is 1. The van der Waals surface area contributed by atoms with E-state index in [4.69, 9.17) is 5.11 Å². The Morgan fingerprint density at radius 2 is 2.19 bits per heavy atom. The van der Waals surface area contributed by atoms with E-state index >= 15 is 0 Å². The molecule has 1 saturated heterocycles. The van der Waals surface area contributed by atoms with Crippen molar-refractivity contribution in [3.63, 3.8) is 0 Å². The molecular formula is C9H15BrN4O5S2. The van der Waals surface area contributed by atoms with Gasteiger partial charge in [-0.1, -0.05) is 5.21 Å². The smallest absolute Gasteiger partial charge is 0.263 e. The molecule has 0 saturated carbocycles. The highest BCUT2D eigenvalue weighted by atomic mass is 79.9. The Bertz CT molecular complexity index is 710. The molecule has 0 amide bonds. The van der Waals surface area contributed by atoms with Gasteiger partial charge in [-0.3, -0.25) is 0 Å². The van der Waals surface area contributed by atoms with Gasteiger partial charge in [0.2, 0.25) is 5.03 Å². The van der Waals surface area contributed by atoms with Gasteiger partial charge in [0, 0.05) is 19.6 Å². The Labute approximate surface area is 131 Å². The Morgan fingerprint density at radius 3 is 2.62 bits per heavy atom. The first kappa shape index (κ1) is 16.8. The highest BCUT2D eigenvalue weighted by Gasteiger charge is 2.40. The summed E-state index contributed by atoms with van der Waals surface area (Å²) in [7, 11) is -5.84. The lowest BCUT2D eigenvalue weighted by Crippen LogP contribution is -2.43. The minimum Gasteiger partial charge on any atom is -0.395 e. The largest absolute Gasteiger partial charge is 0.395 e. The standard InChI is InChI=1S/C9H15BrN4O5S2/c1-13-9(8(10)11-12-13)21(18,19)14(3-4-15)7-2-5-20(16,17)6-7/h7,15H,2-6H2,1H3. The molecule has 1 aromatic heterocycles. The number of aliphatic hydroxyl groups excluding tert-OH is 1. The van der Waals surface area contributed by atoms with Gasteiger partial charge in [-0.2, -0.15) is 4.31 Å². The Balaban J connectivity index is 2.43. The molecular weight excluding hydrogens is 388 g/mol. The minimum absolute atomic E-state index is 0.0498. The molecule has 1 atom stereocenters. The van der Waals surface area contributed by atoms with Crippen molar-refractivity contribution in [2.75, 3.05) is 24.7 Å². The predicted octanol–water partition coefficient (Wildman–Crippen LogP) is -1.25. The average molecular weight is 403 g/mol. The Kier molecular flexibility index (Phi) is 4.73. The molecule has 0 spiro atoms. The third kappa shape index (κ3) is 3.28. The van der Waals surface area contributed by atoms with E-state index in [0.29, 0.717) is 0 Å². The molecule has 2 rings (SSSR count). The lowest BCUT2D eigenvalue weighted by Gasteiger charge is -2.26. The van der Waals surface area contributed by atoms with Crippen LogP contribution in [0.25, 0.3) is 0 Å². The third-order valence-electron chi connectivity index (χ3n) is 3.23. The number of aryl methyl sites for hydroxylation is 1. The van der Waals surface area contributed by atoms with E-state index in [1.165, 1.54) is 7.05 Å². The summed E-state index contributed by atoms with van der Waals surface area (Å²) >= 11 is 3.02. The second-order valence-corrected chi connectivity index (χ2v) is 9.49. The number of sulfonamides is 1. The molecule has 2 heterocycles. The second-order valence-electron chi connectivity index (χ2n) is 4.71. The van der Waals surface area contributed by atoms with Gasteiger partial charge in [-0.15, -0.1) is 5.10 Å². The number of nitrogens with zero attached hydrogens (tertiary/aromatic N) is 4. The molecule has 21 heavy (non-hydrogen) atoms. The van der Waals surface area contributed by atoms with Crippen molar-refractivity contribution < 1.29 is 21.9 Å². The molecule has 0 aromatic carbocycles. The van der Waals surface area contributed by atoms with Crippen LogP contribution in [-0.2, 0) is 26.9 Å². The molecule has 1 N–H and O–H groups in total. The number of aliphatic hydroxyl groups is 1. The van der Waals surface area contributed by atoms with Gasteiger partial charge >= 0.3 is 0 Å². The summed E-state index contributed by atoms with van der Waals surface area (Å²) in [4.78, 5) is 0. The highest BCUT2D eigenvalue weighted by molar-refractivity contribution is 9.10. The SMILES string of the molecule is Cn1nnc(Br)c1S(=O)(=O)N(CCO)C1CCS(=O)(=O)C1. The lowest BCUT2D eigenvalue weighted by atomic mass is 10.3. The first-order valence-electron chi connectivity index (χ1n) is 6.07. The Morgan fingerprint density at radius 1 is 1.52 bits per heavy atom. The maximum absolute atomic E-state index is 12.7. The number of hydrogen-bond acceptors (Lipinski definition) is 7. The lowest BCUT2D eigenvalue weighted by molar-refractivity contribution is 0.232. The normalized spacial score (nSPS) is 22.0. The van der Waals surface area contributed by atoms with Crippen LogP contribution in [-0.4, -0.2) is 71.9 Å². The van der Waals surface area contributed by atoms with E-state index in [-0.39, 0.29) is 34.1 Å². The molecule has 1 aliphatic heterocycles. The monoisotopic (exact) mass is 402 g/mol. The Hall–Kier alpha value is -0.560. The number of aromatic nitrogens is 3. The van der Waals surface area contributed by atoms with E-state index in [1.54, 1.807) is 0 Å². The van der Waals surface area contributed by atoms with Crippen molar-refractivity contribution in [3.05, 3.63) is 4.60 Å². The summed E-state index contributed by atoms with van der Waals surface area (Å²) in [6.07, 6.45) is 0.213. The maximum Gasteiger partial charge on any atom is 0.263 e. The van der Waals surface area contributed by atoms with Crippen molar-refractivity contribution in [3.8, 4) is 0 Å². The molecule has 120 valence electrons. The molecule has 9 nitrogen and oxygen atoms in total. The van der Waals surface area contributed by atoms with Crippen LogP contribution >= 0.6 is 15.9 Å². The summed E-state index contributed by atoms with van der Waals surface area (Å²) in [6.45, 7) is -0.585. The molecule has 1 aliphatic rings. The van der Waals surface area contributed by atoms with E-state index in [0.717, 1.165) is 8.99 Å². The van der Waals surface area contributed by atoms with Crippen LogP contribution in [0.5, 0.6) is 0 Å². The van der Waals surface area contributed by atoms with Gasteiger partial charge in [0.05, 0.1) is 18.1 Å². The van der Waals surface area contributed by atoms with Crippen LogP contribution in [0, 0.1) is 0 Å². The van der Waals surface area contributed by atoms with Crippen molar-refractivity contribution in [1.29, 1.82) is 0 Å². The fraction of sp³-hybridized carbons (Fsp3) is 0.778. The number of rotatable bonds is 5. The fourth-order valence-electron chi connectivity index (χ4n) is 2.31. The van der Waals surface area contributed by atoms with Gasteiger partial charge < -0.3 is 5.11 Å². The first-order chi connectivity index (χ1) is 9.69. The molecule has 0 bridgehead atoms.